The highest BCUT2D eigenvalue weighted by Crippen LogP contribution is 2.23. The number of hydrogen-bond acceptors (Lipinski definition) is 5. The third-order valence-corrected chi connectivity index (χ3v) is 4.30. The first-order chi connectivity index (χ1) is 10.0. The summed E-state index contributed by atoms with van der Waals surface area (Å²) in [6, 6.07) is 3.28. The van der Waals surface area contributed by atoms with Crippen LogP contribution in [0.4, 0.5) is 11.4 Å². The van der Waals surface area contributed by atoms with Crippen molar-refractivity contribution in [2.45, 2.75) is 25.2 Å². The van der Waals surface area contributed by atoms with Gasteiger partial charge in [0.2, 0.25) is 0 Å². The van der Waals surface area contributed by atoms with Crippen LogP contribution in [-0.2, 0) is 10.0 Å². The minimum absolute atomic E-state index is 0.134. The Kier molecular flexibility index (Phi) is 4.74. The summed E-state index contributed by atoms with van der Waals surface area (Å²) < 4.78 is 27.6. The Morgan fingerprint density at radius 1 is 1.10 bits per heavy atom. The zero-order valence-corrected chi connectivity index (χ0v) is 12.8. The van der Waals surface area contributed by atoms with E-state index in [-0.39, 0.29) is 4.90 Å². The Morgan fingerprint density at radius 2 is 1.76 bits per heavy atom. The van der Waals surface area contributed by atoms with Gasteiger partial charge in [-0.15, -0.1) is 0 Å². The number of hydrogen-bond donors (Lipinski definition) is 2. The Morgan fingerprint density at radius 3 is 2.43 bits per heavy atom. The monoisotopic (exact) mass is 306 g/mol. The summed E-state index contributed by atoms with van der Waals surface area (Å²) in [5, 5.41) is 3.10. The first-order valence-corrected chi connectivity index (χ1v) is 8.14. The van der Waals surface area contributed by atoms with Gasteiger partial charge in [0, 0.05) is 31.3 Å². The summed E-state index contributed by atoms with van der Waals surface area (Å²) in [6.07, 6.45) is 6.96. The second-order valence-corrected chi connectivity index (χ2v) is 6.25. The van der Waals surface area contributed by atoms with Crippen molar-refractivity contribution in [3.05, 3.63) is 42.5 Å². The van der Waals surface area contributed by atoms with E-state index in [1.807, 2.05) is 6.92 Å². The molecule has 0 aromatic carbocycles. The van der Waals surface area contributed by atoms with Crippen LogP contribution in [0.3, 0.4) is 0 Å². The fourth-order valence-electron chi connectivity index (χ4n) is 1.79. The summed E-state index contributed by atoms with van der Waals surface area (Å²) in [7, 11) is -3.70. The van der Waals surface area contributed by atoms with Crippen LogP contribution < -0.4 is 10.0 Å². The number of rotatable bonds is 6. The predicted molar refractivity (Wildman–Crippen MR) is 82.8 cm³/mol. The first kappa shape index (κ1) is 15.2. The third kappa shape index (κ3) is 3.69. The molecule has 0 aliphatic heterocycles. The summed E-state index contributed by atoms with van der Waals surface area (Å²) in [5.41, 5.74) is 1.81. The van der Waals surface area contributed by atoms with Crippen LogP contribution in [0.1, 0.15) is 18.9 Å². The highest BCUT2D eigenvalue weighted by atomic mass is 32.2. The van der Waals surface area contributed by atoms with Crippen LogP contribution in [0.25, 0.3) is 0 Å². The molecule has 7 heteroatoms. The molecule has 2 N–H and O–H groups in total. The number of nitrogens with zero attached hydrogens (tertiary/aromatic N) is 2. The fraction of sp³-hybridized carbons (Fsp3) is 0.286. The van der Waals surface area contributed by atoms with Gasteiger partial charge in [-0.1, -0.05) is 6.92 Å². The first-order valence-electron chi connectivity index (χ1n) is 6.66. The molecule has 2 heterocycles. The van der Waals surface area contributed by atoms with Crippen molar-refractivity contribution in [2.24, 2.45) is 0 Å². The number of sulfonamides is 1. The maximum atomic E-state index is 12.5. The standard InChI is InChI=1S/C14H18N4O2S/c1-3-6-17-13-5-8-16-10-14(13)21(19,20)18-12-4-7-15-9-11(12)2/h4-5,7-10H,3,6H2,1-2H3,(H,15,18)(H,16,17). The fourth-order valence-corrected chi connectivity index (χ4v) is 3.05. The molecular formula is C14H18N4O2S. The number of aryl methyl sites for hydroxylation is 1. The van der Waals surface area contributed by atoms with Crippen LogP contribution in [-0.4, -0.2) is 24.9 Å². The van der Waals surface area contributed by atoms with Crippen molar-refractivity contribution >= 4 is 21.4 Å². The topological polar surface area (TPSA) is 84.0 Å². The molecule has 0 aliphatic carbocycles. The quantitative estimate of drug-likeness (QED) is 0.856. The molecule has 0 saturated heterocycles. The van der Waals surface area contributed by atoms with E-state index in [1.165, 1.54) is 6.20 Å². The molecule has 2 aromatic heterocycles. The number of anilines is 2. The zero-order valence-electron chi connectivity index (χ0n) is 12.0. The lowest BCUT2D eigenvalue weighted by molar-refractivity contribution is 0.601. The number of nitrogens with one attached hydrogen (secondary N) is 2. The highest BCUT2D eigenvalue weighted by molar-refractivity contribution is 7.92. The maximum Gasteiger partial charge on any atom is 0.265 e. The van der Waals surface area contributed by atoms with Crippen LogP contribution in [0, 0.1) is 6.92 Å². The van der Waals surface area contributed by atoms with Crippen LogP contribution in [0.15, 0.2) is 41.8 Å². The van der Waals surface area contributed by atoms with Gasteiger partial charge in [0.25, 0.3) is 10.0 Å². The SMILES string of the molecule is CCCNc1ccncc1S(=O)(=O)Nc1ccncc1C. The number of aromatic nitrogens is 2. The molecule has 0 spiro atoms. The van der Waals surface area contributed by atoms with E-state index >= 15 is 0 Å². The molecule has 0 unspecified atom stereocenters. The van der Waals surface area contributed by atoms with Crippen molar-refractivity contribution in [2.75, 3.05) is 16.6 Å². The lowest BCUT2D eigenvalue weighted by Gasteiger charge is -2.13. The second kappa shape index (κ2) is 6.53. The van der Waals surface area contributed by atoms with Crippen molar-refractivity contribution < 1.29 is 8.42 Å². The lowest BCUT2D eigenvalue weighted by Crippen LogP contribution is -2.16. The van der Waals surface area contributed by atoms with Crippen molar-refractivity contribution in [3.63, 3.8) is 0 Å². The summed E-state index contributed by atoms with van der Waals surface area (Å²) in [4.78, 5) is 7.99. The highest BCUT2D eigenvalue weighted by Gasteiger charge is 2.19. The van der Waals surface area contributed by atoms with Crippen molar-refractivity contribution in [1.29, 1.82) is 0 Å². The molecule has 2 aromatic rings. The Labute approximate surface area is 124 Å². The smallest absolute Gasteiger partial charge is 0.265 e. The van der Waals surface area contributed by atoms with Gasteiger partial charge in [-0.3, -0.25) is 14.7 Å². The molecule has 2 rings (SSSR count). The molecule has 6 nitrogen and oxygen atoms in total. The number of pyridine rings is 2. The summed E-state index contributed by atoms with van der Waals surface area (Å²) in [6.45, 7) is 4.51. The largest absolute Gasteiger partial charge is 0.384 e. The van der Waals surface area contributed by atoms with Gasteiger partial charge < -0.3 is 5.32 Å². The van der Waals surface area contributed by atoms with Gasteiger partial charge in [0.1, 0.15) is 4.90 Å². The Hall–Kier alpha value is -2.15. The van der Waals surface area contributed by atoms with Gasteiger partial charge in [-0.2, -0.15) is 0 Å². The van der Waals surface area contributed by atoms with Gasteiger partial charge >= 0.3 is 0 Å². The van der Waals surface area contributed by atoms with Crippen molar-refractivity contribution in [3.8, 4) is 0 Å². The van der Waals surface area contributed by atoms with Gasteiger partial charge in [0.05, 0.1) is 11.4 Å². The minimum atomic E-state index is -3.70. The molecule has 0 saturated carbocycles. The molecule has 21 heavy (non-hydrogen) atoms. The van der Waals surface area contributed by atoms with Crippen LogP contribution in [0.5, 0.6) is 0 Å². The maximum absolute atomic E-state index is 12.5. The van der Waals surface area contributed by atoms with E-state index in [0.29, 0.717) is 17.9 Å². The van der Waals surface area contributed by atoms with E-state index in [2.05, 4.69) is 20.0 Å². The molecule has 0 bridgehead atoms. The van der Waals surface area contributed by atoms with Crippen LogP contribution in [0.2, 0.25) is 0 Å². The van der Waals surface area contributed by atoms with Gasteiger partial charge in [-0.05, 0) is 31.0 Å². The average Bonchev–Trinajstić information content (AvgIpc) is 2.47. The van der Waals surface area contributed by atoms with E-state index in [4.69, 9.17) is 0 Å². The second-order valence-electron chi connectivity index (χ2n) is 4.59. The van der Waals surface area contributed by atoms with Gasteiger partial charge in [-0.25, -0.2) is 8.42 Å². The Balaban J connectivity index is 2.34. The Bertz CT molecular complexity index is 716. The molecule has 0 radical (unpaired) electrons. The molecular weight excluding hydrogens is 288 g/mol. The molecule has 112 valence electrons. The summed E-state index contributed by atoms with van der Waals surface area (Å²) >= 11 is 0. The van der Waals surface area contributed by atoms with E-state index < -0.39 is 10.0 Å². The molecule has 0 aliphatic rings. The van der Waals surface area contributed by atoms with E-state index in [9.17, 15) is 8.42 Å². The molecule has 0 amide bonds. The third-order valence-electron chi connectivity index (χ3n) is 2.90. The molecule has 0 fully saturated rings. The minimum Gasteiger partial charge on any atom is -0.384 e. The van der Waals surface area contributed by atoms with Gasteiger partial charge in [0.15, 0.2) is 0 Å². The van der Waals surface area contributed by atoms with Crippen LogP contribution >= 0.6 is 0 Å². The van der Waals surface area contributed by atoms with Crippen molar-refractivity contribution in [1.82, 2.24) is 9.97 Å². The molecule has 0 atom stereocenters. The van der Waals surface area contributed by atoms with E-state index in [1.54, 1.807) is 37.6 Å². The predicted octanol–water partition coefficient (Wildman–Crippen LogP) is 2.41. The summed E-state index contributed by atoms with van der Waals surface area (Å²) in [5.74, 6) is 0. The van der Waals surface area contributed by atoms with E-state index in [0.717, 1.165) is 12.0 Å². The normalized spacial score (nSPS) is 11.1. The average molecular weight is 306 g/mol. The zero-order chi connectivity index (χ0) is 15.3. The lowest BCUT2D eigenvalue weighted by atomic mass is 10.3.